The molecule has 0 aliphatic rings. The average molecular weight is 302 g/mol. The van der Waals surface area contributed by atoms with Gasteiger partial charge in [-0.1, -0.05) is 42.5 Å². The molecule has 3 aromatic carbocycles. The van der Waals surface area contributed by atoms with Gasteiger partial charge in [0, 0.05) is 27.9 Å². The fourth-order valence-corrected chi connectivity index (χ4v) is 3.21. The number of nitrogens with two attached hydrogens (primary N) is 2. The minimum Gasteiger partial charge on any atom is -0.398 e. The topological polar surface area (TPSA) is 52.0 Å². The van der Waals surface area contributed by atoms with Gasteiger partial charge in [0.25, 0.3) is 0 Å². The summed E-state index contributed by atoms with van der Waals surface area (Å²) in [5.41, 5.74) is 20.0. The van der Waals surface area contributed by atoms with Crippen LogP contribution in [-0.2, 0) is 0 Å². The van der Waals surface area contributed by atoms with Crippen LogP contribution < -0.4 is 11.5 Å². The number of hydrogen-bond donors (Lipinski definition) is 2. The summed E-state index contributed by atoms with van der Waals surface area (Å²) >= 11 is 0. The zero-order chi connectivity index (χ0) is 16.6. The Labute approximate surface area is 137 Å². The van der Waals surface area contributed by atoms with Crippen LogP contribution in [0.25, 0.3) is 28.0 Å². The maximum atomic E-state index is 6.52. The van der Waals surface area contributed by atoms with Crippen LogP contribution in [0.4, 0.5) is 11.4 Å². The van der Waals surface area contributed by atoms with E-state index in [0.29, 0.717) is 0 Å². The molecule has 23 heavy (non-hydrogen) atoms. The molecule has 0 fully saturated rings. The second-order valence-electron chi connectivity index (χ2n) is 5.96. The number of rotatable bonds is 2. The third kappa shape index (κ3) is 2.46. The Hall–Kier alpha value is -2.74. The minimum absolute atomic E-state index is 0.755. The molecule has 0 aromatic heterocycles. The van der Waals surface area contributed by atoms with Crippen molar-refractivity contribution in [1.82, 2.24) is 0 Å². The van der Waals surface area contributed by atoms with E-state index in [1.165, 1.54) is 16.5 Å². The summed E-state index contributed by atoms with van der Waals surface area (Å²) in [6.45, 7) is 6.23. The number of nitrogen functional groups attached to an aromatic ring is 2. The van der Waals surface area contributed by atoms with E-state index in [9.17, 15) is 0 Å². The van der Waals surface area contributed by atoms with Gasteiger partial charge in [0.2, 0.25) is 0 Å². The molecule has 4 N–H and O–H groups in total. The largest absolute Gasteiger partial charge is 0.398 e. The van der Waals surface area contributed by atoms with E-state index in [1.54, 1.807) is 0 Å². The fourth-order valence-electron chi connectivity index (χ4n) is 3.21. The maximum Gasteiger partial charge on any atom is 0.0474 e. The molecule has 0 amide bonds. The molecule has 2 nitrogen and oxygen atoms in total. The summed E-state index contributed by atoms with van der Waals surface area (Å²) in [6.07, 6.45) is 4.14. The average Bonchev–Trinajstić information content (AvgIpc) is 2.55. The first kappa shape index (κ1) is 15.2. The summed E-state index contributed by atoms with van der Waals surface area (Å²) in [5, 5.41) is 2.27. The molecule has 0 saturated heterocycles. The van der Waals surface area contributed by atoms with Crippen molar-refractivity contribution in [2.45, 2.75) is 20.8 Å². The second kappa shape index (κ2) is 5.81. The lowest BCUT2D eigenvalue weighted by molar-refractivity contribution is 1.43. The van der Waals surface area contributed by atoms with Crippen LogP contribution in [0.5, 0.6) is 0 Å². The molecule has 116 valence electrons. The number of fused-ring (bicyclic) bond motifs is 1. The zero-order valence-corrected chi connectivity index (χ0v) is 13.9. The van der Waals surface area contributed by atoms with Crippen LogP contribution in [0.1, 0.15) is 23.6 Å². The van der Waals surface area contributed by atoms with Crippen molar-refractivity contribution in [2.75, 3.05) is 11.5 Å². The van der Waals surface area contributed by atoms with Crippen LogP contribution in [0, 0.1) is 13.8 Å². The zero-order valence-electron chi connectivity index (χ0n) is 13.9. The smallest absolute Gasteiger partial charge is 0.0474 e. The van der Waals surface area contributed by atoms with Gasteiger partial charge in [0.05, 0.1) is 0 Å². The normalized spacial score (nSPS) is 11.4. The predicted molar refractivity (Wildman–Crippen MR) is 102 cm³/mol. The molecule has 3 aromatic rings. The van der Waals surface area contributed by atoms with Crippen LogP contribution in [0.2, 0.25) is 0 Å². The van der Waals surface area contributed by atoms with Gasteiger partial charge in [-0.15, -0.1) is 0 Å². The van der Waals surface area contributed by atoms with E-state index < -0.39 is 0 Å². The third-order valence-electron chi connectivity index (χ3n) is 4.39. The second-order valence-corrected chi connectivity index (χ2v) is 5.96. The molecule has 0 saturated carbocycles. The van der Waals surface area contributed by atoms with E-state index >= 15 is 0 Å². The Bertz CT molecular complexity index is 921. The lowest BCUT2D eigenvalue weighted by Gasteiger charge is -2.17. The molecule has 0 unspecified atom stereocenters. The predicted octanol–water partition coefficient (Wildman–Crippen LogP) is 5.32. The Morgan fingerprint density at radius 1 is 0.870 bits per heavy atom. The standard InChI is InChI=1S/C21H22N2/c1-4-7-16-13(2)10-11-19(22)20(16)18-12-14(3)15-8-5-6-9-17(15)21(18)23/h4-12H,22-23H2,1-3H3/b7-4-. The number of benzene rings is 3. The Morgan fingerprint density at radius 3 is 2.26 bits per heavy atom. The van der Waals surface area contributed by atoms with Crippen molar-refractivity contribution in [2.24, 2.45) is 0 Å². The van der Waals surface area contributed by atoms with E-state index in [1.807, 2.05) is 31.2 Å². The first-order chi connectivity index (χ1) is 11.0. The van der Waals surface area contributed by atoms with E-state index in [-0.39, 0.29) is 0 Å². The summed E-state index contributed by atoms with van der Waals surface area (Å²) in [4.78, 5) is 0. The minimum atomic E-state index is 0.755. The quantitative estimate of drug-likeness (QED) is 0.629. The molecule has 2 heteroatoms. The van der Waals surface area contributed by atoms with Crippen molar-refractivity contribution in [3.8, 4) is 11.1 Å². The van der Waals surface area contributed by atoms with E-state index in [4.69, 9.17) is 11.5 Å². The Balaban J connectivity index is 2.43. The monoisotopic (exact) mass is 302 g/mol. The van der Waals surface area contributed by atoms with Crippen LogP contribution in [0.3, 0.4) is 0 Å². The molecule has 0 atom stereocenters. The molecule has 3 rings (SSSR count). The van der Waals surface area contributed by atoms with Gasteiger partial charge < -0.3 is 11.5 Å². The first-order valence-corrected chi connectivity index (χ1v) is 7.84. The van der Waals surface area contributed by atoms with Crippen molar-refractivity contribution in [1.29, 1.82) is 0 Å². The highest BCUT2D eigenvalue weighted by Crippen LogP contribution is 2.40. The molecular weight excluding hydrogens is 280 g/mol. The van der Waals surface area contributed by atoms with Crippen LogP contribution in [0.15, 0.2) is 48.5 Å². The van der Waals surface area contributed by atoms with Gasteiger partial charge in [-0.25, -0.2) is 0 Å². The van der Waals surface area contributed by atoms with Crippen molar-refractivity contribution in [3.05, 3.63) is 65.2 Å². The molecule has 0 heterocycles. The molecule has 0 spiro atoms. The summed E-state index contributed by atoms with van der Waals surface area (Å²) in [5.74, 6) is 0. The fraction of sp³-hybridized carbons (Fsp3) is 0.143. The van der Waals surface area contributed by atoms with Gasteiger partial charge in [-0.05, 0) is 55.0 Å². The lowest BCUT2D eigenvalue weighted by atomic mass is 9.89. The Kier molecular flexibility index (Phi) is 3.83. The van der Waals surface area contributed by atoms with Gasteiger partial charge in [0.1, 0.15) is 0 Å². The van der Waals surface area contributed by atoms with Crippen molar-refractivity contribution >= 4 is 28.2 Å². The highest BCUT2D eigenvalue weighted by Gasteiger charge is 2.15. The number of hydrogen-bond acceptors (Lipinski definition) is 2. The molecule has 0 aliphatic carbocycles. The van der Waals surface area contributed by atoms with Gasteiger partial charge in [-0.3, -0.25) is 0 Å². The molecular formula is C21H22N2. The SMILES string of the molecule is C/C=C\c1c(C)ccc(N)c1-c1cc(C)c2ccccc2c1N. The molecule has 0 bridgehead atoms. The van der Waals surface area contributed by atoms with E-state index in [2.05, 4.69) is 44.2 Å². The summed E-state index contributed by atoms with van der Waals surface area (Å²) in [6, 6.07) is 14.4. The summed E-state index contributed by atoms with van der Waals surface area (Å²) in [7, 11) is 0. The highest BCUT2D eigenvalue weighted by atomic mass is 14.6. The van der Waals surface area contributed by atoms with Crippen LogP contribution in [-0.4, -0.2) is 0 Å². The third-order valence-corrected chi connectivity index (χ3v) is 4.39. The summed E-state index contributed by atoms with van der Waals surface area (Å²) < 4.78 is 0. The maximum absolute atomic E-state index is 6.52. The lowest BCUT2D eigenvalue weighted by Crippen LogP contribution is -2.00. The first-order valence-electron chi connectivity index (χ1n) is 7.84. The van der Waals surface area contributed by atoms with Gasteiger partial charge in [-0.2, -0.15) is 0 Å². The van der Waals surface area contributed by atoms with Crippen molar-refractivity contribution in [3.63, 3.8) is 0 Å². The number of anilines is 2. The highest BCUT2D eigenvalue weighted by molar-refractivity contribution is 6.05. The van der Waals surface area contributed by atoms with Gasteiger partial charge >= 0.3 is 0 Å². The van der Waals surface area contributed by atoms with E-state index in [0.717, 1.165) is 33.5 Å². The molecule has 0 radical (unpaired) electrons. The Morgan fingerprint density at radius 2 is 1.57 bits per heavy atom. The van der Waals surface area contributed by atoms with Gasteiger partial charge in [0.15, 0.2) is 0 Å². The number of allylic oxidation sites excluding steroid dienone is 1. The molecule has 0 aliphatic heterocycles. The number of aryl methyl sites for hydroxylation is 2. The van der Waals surface area contributed by atoms with Crippen molar-refractivity contribution < 1.29 is 0 Å². The van der Waals surface area contributed by atoms with Crippen LogP contribution >= 0.6 is 0 Å².